The Hall–Kier alpha value is -1.16. The molecule has 0 saturated carbocycles. The topological polar surface area (TPSA) is 21.3 Å². The van der Waals surface area contributed by atoms with E-state index in [4.69, 9.17) is 4.74 Å². The van der Waals surface area contributed by atoms with E-state index in [9.17, 15) is 8.78 Å². The van der Waals surface area contributed by atoms with Gasteiger partial charge in [-0.1, -0.05) is 13.8 Å². The first kappa shape index (κ1) is 17.9. The van der Waals surface area contributed by atoms with Crippen molar-refractivity contribution in [1.82, 2.24) is 5.32 Å². The summed E-state index contributed by atoms with van der Waals surface area (Å²) in [6.07, 6.45) is 1.78. The molecule has 0 aromatic heterocycles. The second kappa shape index (κ2) is 7.74. The van der Waals surface area contributed by atoms with Crippen LogP contribution in [0, 0.1) is 17.6 Å². The van der Waals surface area contributed by atoms with Gasteiger partial charge in [0.15, 0.2) is 17.4 Å². The normalized spacial score (nSPS) is 12.0. The van der Waals surface area contributed by atoms with Gasteiger partial charge in [-0.3, -0.25) is 0 Å². The van der Waals surface area contributed by atoms with Gasteiger partial charge in [-0.05, 0) is 57.2 Å². The van der Waals surface area contributed by atoms with Gasteiger partial charge < -0.3 is 10.1 Å². The number of nitrogens with one attached hydrogen (secondary N) is 1. The number of ether oxygens (including phenoxy) is 1. The first-order chi connectivity index (χ1) is 9.69. The molecule has 0 unspecified atom stereocenters. The highest BCUT2D eigenvalue weighted by atomic mass is 19.1. The summed E-state index contributed by atoms with van der Waals surface area (Å²) in [6, 6.07) is 2.67. The van der Waals surface area contributed by atoms with E-state index in [0.29, 0.717) is 24.6 Å². The molecule has 1 aromatic rings. The highest BCUT2D eigenvalue weighted by Gasteiger charge is 2.14. The summed E-state index contributed by atoms with van der Waals surface area (Å²) in [7, 11) is 0. The number of hydrogen-bond donors (Lipinski definition) is 1. The molecule has 0 atom stereocenters. The molecule has 0 bridgehead atoms. The third kappa shape index (κ3) is 6.89. The second-order valence-electron chi connectivity index (χ2n) is 6.88. The molecule has 0 fully saturated rings. The summed E-state index contributed by atoms with van der Waals surface area (Å²) < 4.78 is 33.1. The van der Waals surface area contributed by atoms with E-state index in [-0.39, 0.29) is 11.3 Å². The first-order valence-corrected chi connectivity index (χ1v) is 7.55. The minimum atomic E-state index is -0.634. The van der Waals surface area contributed by atoms with Gasteiger partial charge in [0.1, 0.15) is 0 Å². The monoisotopic (exact) mass is 299 g/mol. The van der Waals surface area contributed by atoms with Crippen molar-refractivity contribution < 1.29 is 13.5 Å². The van der Waals surface area contributed by atoms with Crippen molar-refractivity contribution in [2.24, 2.45) is 5.92 Å². The van der Waals surface area contributed by atoms with Crippen LogP contribution in [0.2, 0.25) is 0 Å². The van der Waals surface area contributed by atoms with Crippen LogP contribution in [-0.2, 0) is 6.54 Å². The number of halogens is 2. The Morgan fingerprint density at radius 2 is 1.71 bits per heavy atom. The molecule has 0 heterocycles. The standard InChI is InChI=1S/C17H27F2NO/c1-12(2)7-6-8-21-16-14(18)9-13(10-15(16)19)11-20-17(3,4)5/h9-10,12,20H,6-8,11H2,1-5H3. The summed E-state index contributed by atoms with van der Waals surface area (Å²) >= 11 is 0. The van der Waals surface area contributed by atoms with Crippen LogP contribution in [-0.4, -0.2) is 12.1 Å². The minimum Gasteiger partial charge on any atom is -0.488 e. The molecule has 4 heteroatoms. The van der Waals surface area contributed by atoms with Crippen molar-refractivity contribution in [3.63, 3.8) is 0 Å². The fourth-order valence-corrected chi connectivity index (χ4v) is 1.89. The van der Waals surface area contributed by atoms with Crippen LogP contribution in [0.4, 0.5) is 8.78 Å². The molecule has 0 radical (unpaired) electrons. The van der Waals surface area contributed by atoms with Crippen molar-refractivity contribution in [3.05, 3.63) is 29.3 Å². The van der Waals surface area contributed by atoms with E-state index >= 15 is 0 Å². The zero-order valence-electron chi connectivity index (χ0n) is 13.7. The van der Waals surface area contributed by atoms with Crippen molar-refractivity contribution >= 4 is 0 Å². The van der Waals surface area contributed by atoms with E-state index < -0.39 is 11.6 Å². The van der Waals surface area contributed by atoms with Gasteiger partial charge in [0, 0.05) is 12.1 Å². The highest BCUT2D eigenvalue weighted by molar-refractivity contribution is 5.31. The van der Waals surface area contributed by atoms with Crippen molar-refractivity contribution in [3.8, 4) is 5.75 Å². The lowest BCUT2D eigenvalue weighted by Crippen LogP contribution is -2.35. The Kier molecular flexibility index (Phi) is 6.59. The third-order valence-electron chi connectivity index (χ3n) is 3.05. The first-order valence-electron chi connectivity index (χ1n) is 7.55. The molecule has 0 aliphatic heterocycles. The minimum absolute atomic E-state index is 0.0982. The van der Waals surface area contributed by atoms with Crippen molar-refractivity contribution in [2.75, 3.05) is 6.61 Å². The Morgan fingerprint density at radius 3 is 2.19 bits per heavy atom. The lowest BCUT2D eigenvalue weighted by Gasteiger charge is -2.20. The summed E-state index contributed by atoms with van der Waals surface area (Å²) in [5, 5.41) is 3.20. The average Bonchev–Trinajstić information content (AvgIpc) is 2.33. The van der Waals surface area contributed by atoms with Gasteiger partial charge in [-0.25, -0.2) is 8.78 Å². The second-order valence-corrected chi connectivity index (χ2v) is 6.88. The van der Waals surface area contributed by atoms with Gasteiger partial charge in [0.05, 0.1) is 6.61 Å². The number of benzene rings is 1. The lowest BCUT2D eigenvalue weighted by atomic mass is 10.1. The molecule has 1 aromatic carbocycles. The van der Waals surface area contributed by atoms with Gasteiger partial charge in [0.25, 0.3) is 0 Å². The molecule has 0 amide bonds. The zero-order valence-corrected chi connectivity index (χ0v) is 13.7. The van der Waals surface area contributed by atoms with Crippen LogP contribution >= 0.6 is 0 Å². The Balaban J connectivity index is 2.63. The van der Waals surface area contributed by atoms with Crippen LogP contribution in [0.3, 0.4) is 0 Å². The van der Waals surface area contributed by atoms with Crippen LogP contribution in [0.1, 0.15) is 53.0 Å². The van der Waals surface area contributed by atoms with Crippen LogP contribution < -0.4 is 10.1 Å². The van der Waals surface area contributed by atoms with Crippen LogP contribution in [0.5, 0.6) is 5.75 Å². The van der Waals surface area contributed by atoms with Gasteiger partial charge >= 0.3 is 0 Å². The van der Waals surface area contributed by atoms with E-state index in [1.807, 2.05) is 20.8 Å². The van der Waals surface area contributed by atoms with E-state index in [1.165, 1.54) is 12.1 Å². The summed E-state index contributed by atoms with van der Waals surface area (Å²) in [5.41, 5.74) is 0.480. The van der Waals surface area contributed by atoms with Crippen molar-refractivity contribution in [1.29, 1.82) is 0 Å². The Morgan fingerprint density at radius 1 is 1.14 bits per heavy atom. The third-order valence-corrected chi connectivity index (χ3v) is 3.05. The molecule has 0 aliphatic carbocycles. The van der Waals surface area contributed by atoms with Crippen molar-refractivity contribution in [2.45, 2.75) is 59.5 Å². The SMILES string of the molecule is CC(C)CCCOc1c(F)cc(CNC(C)(C)C)cc1F. The Labute approximate surface area is 126 Å². The zero-order chi connectivity index (χ0) is 16.0. The fourth-order valence-electron chi connectivity index (χ4n) is 1.89. The maximum absolute atomic E-state index is 13.9. The van der Waals surface area contributed by atoms with Crippen LogP contribution in [0.25, 0.3) is 0 Å². The van der Waals surface area contributed by atoms with Gasteiger partial charge in [0.2, 0.25) is 0 Å². The van der Waals surface area contributed by atoms with E-state index in [1.54, 1.807) is 0 Å². The number of hydrogen-bond acceptors (Lipinski definition) is 2. The largest absolute Gasteiger partial charge is 0.488 e. The average molecular weight is 299 g/mol. The van der Waals surface area contributed by atoms with Crippen LogP contribution in [0.15, 0.2) is 12.1 Å². The molecule has 120 valence electrons. The van der Waals surface area contributed by atoms with Gasteiger partial charge in [-0.15, -0.1) is 0 Å². The maximum Gasteiger partial charge on any atom is 0.190 e. The maximum atomic E-state index is 13.9. The lowest BCUT2D eigenvalue weighted by molar-refractivity contribution is 0.270. The van der Waals surface area contributed by atoms with E-state index in [2.05, 4.69) is 19.2 Å². The molecule has 1 rings (SSSR count). The molecule has 1 N–H and O–H groups in total. The predicted octanol–water partition coefficient (Wildman–Crippen LogP) is 4.67. The quantitative estimate of drug-likeness (QED) is 0.739. The molecule has 21 heavy (non-hydrogen) atoms. The summed E-state index contributed by atoms with van der Waals surface area (Å²) in [6.45, 7) is 11.0. The molecule has 2 nitrogen and oxygen atoms in total. The smallest absolute Gasteiger partial charge is 0.190 e. The predicted molar refractivity (Wildman–Crippen MR) is 82.5 cm³/mol. The van der Waals surface area contributed by atoms with Gasteiger partial charge in [-0.2, -0.15) is 0 Å². The molecule has 0 aliphatic rings. The molecule has 0 saturated heterocycles. The summed E-state index contributed by atoms with van der Waals surface area (Å²) in [4.78, 5) is 0. The van der Waals surface area contributed by atoms with E-state index in [0.717, 1.165) is 12.8 Å². The fraction of sp³-hybridized carbons (Fsp3) is 0.647. The number of rotatable bonds is 7. The molecular formula is C17H27F2NO. The highest BCUT2D eigenvalue weighted by Crippen LogP contribution is 2.24. The Bertz CT molecular complexity index is 430. The molecule has 0 spiro atoms. The summed E-state index contributed by atoms with van der Waals surface area (Å²) in [5.74, 6) is -0.970. The molecular weight excluding hydrogens is 272 g/mol.